The number of pyridine rings is 2. The molecule has 0 aliphatic carbocycles. The molecule has 0 unspecified atom stereocenters. The van der Waals surface area contributed by atoms with Crippen molar-refractivity contribution in [3.63, 3.8) is 0 Å². The summed E-state index contributed by atoms with van der Waals surface area (Å²) in [6.45, 7) is 0. The molecule has 0 fully saturated rings. The molecule has 7 aromatic carbocycles. The second kappa shape index (κ2) is 10.5. The Labute approximate surface area is 276 Å². The van der Waals surface area contributed by atoms with Crippen LogP contribution in [0.1, 0.15) is 0 Å². The van der Waals surface area contributed by atoms with E-state index in [0.717, 1.165) is 44.3 Å². The summed E-state index contributed by atoms with van der Waals surface area (Å²) in [6, 6.07) is 42.3. The Balaban J connectivity index is 1.23. The van der Waals surface area contributed by atoms with E-state index in [1.807, 2.05) is 31.0 Å². The maximum Gasteiger partial charge on any atom is 0.0891 e. The minimum absolute atomic E-state index is 0.879. The van der Waals surface area contributed by atoms with Gasteiger partial charge in [-0.2, -0.15) is 0 Å². The van der Waals surface area contributed by atoms with Crippen molar-refractivity contribution in [2.45, 2.75) is 0 Å². The van der Waals surface area contributed by atoms with Gasteiger partial charge in [-0.3, -0.25) is 19.9 Å². The third-order valence-electron chi connectivity index (χ3n) is 9.70. The summed E-state index contributed by atoms with van der Waals surface area (Å²) in [7, 11) is 0. The van der Waals surface area contributed by atoms with E-state index in [4.69, 9.17) is 0 Å². The fraction of sp³-hybridized carbons (Fsp3) is 0. The molecule has 4 nitrogen and oxygen atoms in total. The van der Waals surface area contributed by atoms with Crippen molar-refractivity contribution >= 4 is 53.9 Å². The summed E-state index contributed by atoms with van der Waals surface area (Å²) < 4.78 is 0. The lowest BCUT2D eigenvalue weighted by Crippen LogP contribution is -1.92. The van der Waals surface area contributed by atoms with Crippen LogP contribution in [-0.2, 0) is 0 Å². The predicted octanol–water partition coefficient (Wildman–Crippen LogP) is 11.1. The summed E-state index contributed by atoms with van der Waals surface area (Å²) in [4.78, 5) is 17.8. The highest BCUT2D eigenvalue weighted by atomic mass is 14.8. The van der Waals surface area contributed by atoms with Crippen LogP contribution in [0.3, 0.4) is 0 Å². The Bertz CT molecular complexity index is 2740. The van der Waals surface area contributed by atoms with Gasteiger partial charge in [0.25, 0.3) is 0 Å². The van der Waals surface area contributed by atoms with Crippen molar-refractivity contribution in [1.82, 2.24) is 19.9 Å². The monoisotopic (exact) mass is 610 g/mol. The molecule has 3 aromatic heterocycles. The number of hydrogen-bond donors (Lipinski definition) is 0. The average Bonchev–Trinajstić information content (AvgIpc) is 3.16. The molecule has 0 atom stereocenters. The van der Waals surface area contributed by atoms with E-state index in [1.165, 1.54) is 54.2 Å². The molecule has 0 saturated heterocycles. The molecule has 222 valence electrons. The minimum atomic E-state index is 0.879. The summed E-state index contributed by atoms with van der Waals surface area (Å²) in [5, 5.41) is 12.0. The number of benzene rings is 7. The quantitative estimate of drug-likeness (QED) is 0.186. The standard InChI is InChI=1S/C44H26N4/c1-3-31(19-36-24-45-15-13-27(1)36)33-21-34(32-4-2-28-14-16-46-25-37(28)20-32)23-35(22-33)38-9-5-29-8-12-41-39(42-26-47-17-18-48-42)10-6-30-7-11-40(38)43(29)44(30)41/h1-26H. The highest BCUT2D eigenvalue weighted by Crippen LogP contribution is 2.43. The van der Waals surface area contributed by atoms with Crippen LogP contribution in [0.4, 0.5) is 0 Å². The molecule has 3 heterocycles. The van der Waals surface area contributed by atoms with E-state index in [2.05, 4.69) is 135 Å². The Morgan fingerprint density at radius 3 is 1.44 bits per heavy atom. The number of hydrogen-bond acceptors (Lipinski definition) is 4. The van der Waals surface area contributed by atoms with Gasteiger partial charge >= 0.3 is 0 Å². The van der Waals surface area contributed by atoms with Gasteiger partial charge in [0.15, 0.2) is 0 Å². The molecule has 0 radical (unpaired) electrons. The van der Waals surface area contributed by atoms with Gasteiger partial charge in [-0.05, 0) is 119 Å². The zero-order valence-electron chi connectivity index (χ0n) is 25.8. The lowest BCUT2D eigenvalue weighted by Gasteiger charge is -2.17. The minimum Gasteiger partial charge on any atom is -0.264 e. The van der Waals surface area contributed by atoms with Gasteiger partial charge in [-0.15, -0.1) is 0 Å². The number of aromatic nitrogens is 4. The zero-order valence-corrected chi connectivity index (χ0v) is 25.8. The van der Waals surface area contributed by atoms with Crippen molar-refractivity contribution in [1.29, 1.82) is 0 Å². The smallest absolute Gasteiger partial charge is 0.0891 e. The van der Waals surface area contributed by atoms with E-state index >= 15 is 0 Å². The first kappa shape index (κ1) is 26.7. The van der Waals surface area contributed by atoms with E-state index in [-0.39, 0.29) is 0 Å². The number of fused-ring (bicyclic) bond motifs is 2. The Morgan fingerprint density at radius 2 is 0.833 bits per heavy atom. The van der Waals surface area contributed by atoms with E-state index in [1.54, 1.807) is 12.4 Å². The molecule has 0 N–H and O–H groups in total. The third kappa shape index (κ3) is 4.24. The summed E-state index contributed by atoms with van der Waals surface area (Å²) in [6.07, 6.45) is 12.9. The van der Waals surface area contributed by atoms with Crippen molar-refractivity contribution in [3.05, 3.63) is 159 Å². The van der Waals surface area contributed by atoms with Crippen LogP contribution in [0.25, 0.3) is 98.5 Å². The highest BCUT2D eigenvalue weighted by molar-refractivity contribution is 6.27. The lowest BCUT2D eigenvalue weighted by molar-refractivity contribution is 1.21. The van der Waals surface area contributed by atoms with Gasteiger partial charge in [0, 0.05) is 53.5 Å². The van der Waals surface area contributed by atoms with Gasteiger partial charge in [0.05, 0.1) is 11.9 Å². The molecular formula is C44H26N4. The molecule has 4 heteroatoms. The van der Waals surface area contributed by atoms with Gasteiger partial charge in [0.2, 0.25) is 0 Å². The maximum absolute atomic E-state index is 4.64. The fourth-order valence-electron chi connectivity index (χ4n) is 7.36. The van der Waals surface area contributed by atoms with Gasteiger partial charge in [-0.25, -0.2) is 0 Å². The highest BCUT2D eigenvalue weighted by Gasteiger charge is 2.17. The third-order valence-corrected chi connectivity index (χ3v) is 9.70. The molecule has 10 aromatic rings. The normalized spacial score (nSPS) is 11.8. The zero-order chi connectivity index (χ0) is 31.6. The molecular weight excluding hydrogens is 585 g/mol. The Morgan fingerprint density at radius 1 is 0.312 bits per heavy atom. The Hall–Kier alpha value is -6.52. The first-order chi connectivity index (χ1) is 23.8. The molecule has 0 bridgehead atoms. The second-order valence-corrected chi connectivity index (χ2v) is 12.4. The summed E-state index contributed by atoms with van der Waals surface area (Å²) in [5.74, 6) is 0. The molecule has 0 amide bonds. The molecule has 0 aliphatic heterocycles. The van der Waals surface area contributed by atoms with Crippen LogP contribution in [0.15, 0.2) is 159 Å². The van der Waals surface area contributed by atoms with Crippen LogP contribution in [0.5, 0.6) is 0 Å². The molecule has 0 aliphatic rings. The molecule has 0 spiro atoms. The largest absolute Gasteiger partial charge is 0.264 e. The SMILES string of the molecule is c1cnc(-c2ccc3ccc4c(-c5cc(-c6ccc7ccncc7c6)cc(-c6ccc7ccncc7c6)c5)ccc5ccc2c3c54)cn1. The second-order valence-electron chi connectivity index (χ2n) is 12.4. The predicted molar refractivity (Wildman–Crippen MR) is 198 cm³/mol. The van der Waals surface area contributed by atoms with Crippen LogP contribution in [0, 0.1) is 0 Å². The summed E-state index contributed by atoms with van der Waals surface area (Å²) >= 11 is 0. The number of rotatable bonds is 4. The van der Waals surface area contributed by atoms with Crippen molar-refractivity contribution in [2.75, 3.05) is 0 Å². The first-order valence-electron chi connectivity index (χ1n) is 16.1. The topological polar surface area (TPSA) is 51.6 Å². The van der Waals surface area contributed by atoms with Gasteiger partial charge in [-0.1, -0.05) is 72.8 Å². The maximum atomic E-state index is 4.64. The van der Waals surface area contributed by atoms with E-state index in [0.29, 0.717) is 0 Å². The van der Waals surface area contributed by atoms with Crippen LogP contribution >= 0.6 is 0 Å². The van der Waals surface area contributed by atoms with Crippen molar-refractivity contribution in [2.24, 2.45) is 0 Å². The molecule has 0 saturated carbocycles. The Kier molecular flexibility index (Phi) is 5.84. The molecule has 48 heavy (non-hydrogen) atoms. The van der Waals surface area contributed by atoms with Gasteiger partial charge in [0.1, 0.15) is 0 Å². The fourth-order valence-corrected chi connectivity index (χ4v) is 7.36. The first-order valence-corrected chi connectivity index (χ1v) is 16.1. The van der Waals surface area contributed by atoms with Crippen LogP contribution in [-0.4, -0.2) is 19.9 Å². The number of nitrogens with zero attached hydrogens (tertiary/aromatic N) is 4. The van der Waals surface area contributed by atoms with Crippen LogP contribution in [0.2, 0.25) is 0 Å². The lowest BCUT2D eigenvalue weighted by atomic mass is 9.86. The van der Waals surface area contributed by atoms with Gasteiger partial charge < -0.3 is 0 Å². The summed E-state index contributed by atoms with van der Waals surface area (Å²) in [5.41, 5.74) is 8.99. The van der Waals surface area contributed by atoms with Crippen LogP contribution < -0.4 is 0 Å². The van der Waals surface area contributed by atoms with Crippen molar-refractivity contribution < 1.29 is 0 Å². The molecule has 10 rings (SSSR count). The van der Waals surface area contributed by atoms with E-state index in [9.17, 15) is 0 Å². The van der Waals surface area contributed by atoms with Crippen molar-refractivity contribution in [3.8, 4) is 44.6 Å². The van der Waals surface area contributed by atoms with E-state index < -0.39 is 0 Å². The average molecular weight is 611 g/mol.